The van der Waals surface area contributed by atoms with Crippen molar-refractivity contribution in [2.45, 2.75) is 65.2 Å². The molecule has 0 aromatic heterocycles. The van der Waals surface area contributed by atoms with E-state index in [0.717, 1.165) is 12.3 Å². The molecular formula is C15H26O. The van der Waals surface area contributed by atoms with Crippen LogP contribution in [0.15, 0.2) is 12.2 Å². The van der Waals surface area contributed by atoms with E-state index < -0.39 is 0 Å². The highest BCUT2D eigenvalue weighted by Crippen LogP contribution is 2.27. The maximum absolute atomic E-state index is 11.4. The Kier molecular flexibility index (Phi) is 6.44. The maximum atomic E-state index is 11.4. The molecule has 1 saturated carbocycles. The maximum Gasteiger partial charge on any atom is 0.155 e. The highest BCUT2D eigenvalue weighted by atomic mass is 16.1. The highest BCUT2D eigenvalue weighted by Gasteiger charge is 2.11. The van der Waals surface area contributed by atoms with Gasteiger partial charge in [-0.1, -0.05) is 52.0 Å². The first-order chi connectivity index (χ1) is 7.68. The molecule has 0 radical (unpaired) electrons. The Morgan fingerprint density at radius 3 is 2.56 bits per heavy atom. The van der Waals surface area contributed by atoms with Crippen LogP contribution < -0.4 is 0 Å². The molecule has 0 heterocycles. The van der Waals surface area contributed by atoms with Gasteiger partial charge in [-0.25, -0.2) is 0 Å². The van der Waals surface area contributed by atoms with Gasteiger partial charge >= 0.3 is 0 Å². The van der Waals surface area contributed by atoms with Crippen LogP contribution in [0.2, 0.25) is 0 Å². The third kappa shape index (κ3) is 6.09. The Balaban J connectivity index is 2.09. The number of carbonyl (C=O) groups excluding carboxylic acids is 1. The number of hydrogen-bond acceptors (Lipinski definition) is 1. The summed E-state index contributed by atoms with van der Waals surface area (Å²) in [5.41, 5.74) is 0. The predicted octanol–water partition coefficient (Wildman–Crippen LogP) is 4.52. The van der Waals surface area contributed by atoms with E-state index in [1.165, 1.54) is 38.5 Å². The van der Waals surface area contributed by atoms with Gasteiger partial charge in [-0.05, 0) is 30.8 Å². The van der Waals surface area contributed by atoms with Crippen molar-refractivity contribution in [2.24, 2.45) is 11.8 Å². The smallest absolute Gasteiger partial charge is 0.155 e. The zero-order valence-corrected chi connectivity index (χ0v) is 10.9. The van der Waals surface area contributed by atoms with Crippen LogP contribution >= 0.6 is 0 Å². The standard InChI is InChI=1S/C15H26O/c1-13(2)12-15(16)11-7-6-10-14-8-4-3-5-9-14/h7,11,13-14H,3-6,8-10,12H2,1-2H3/b11-7+. The van der Waals surface area contributed by atoms with Gasteiger partial charge in [0.05, 0.1) is 0 Å². The lowest BCUT2D eigenvalue weighted by Gasteiger charge is -2.20. The van der Waals surface area contributed by atoms with Gasteiger partial charge in [0.2, 0.25) is 0 Å². The monoisotopic (exact) mass is 222 g/mol. The van der Waals surface area contributed by atoms with Crippen LogP contribution in [0.25, 0.3) is 0 Å². The number of allylic oxidation sites excluding steroid dienone is 2. The average molecular weight is 222 g/mol. The van der Waals surface area contributed by atoms with Gasteiger partial charge in [0.1, 0.15) is 0 Å². The first kappa shape index (κ1) is 13.5. The van der Waals surface area contributed by atoms with Crippen molar-refractivity contribution in [3.63, 3.8) is 0 Å². The van der Waals surface area contributed by atoms with Crippen molar-refractivity contribution >= 4 is 5.78 Å². The fraction of sp³-hybridized carbons (Fsp3) is 0.800. The average Bonchev–Trinajstić information content (AvgIpc) is 2.25. The van der Waals surface area contributed by atoms with Gasteiger partial charge in [-0.2, -0.15) is 0 Å². The van der Waals surface area contributed by atoms with Crippen LogP contribution in [0.4, 0.5) is 0 Å². The van der Waals surface area contributed by atoms with Crippen molar-refractivity contribution in [2.75, 3.05) is 0 Å². The molecule has 0 atom stereocenters. The minimum Gasteiger partial charge on any atom is -0.295 e. The van der Waals surface area contributed by atoms with E-state index >= 15 is 0 Å². The van der Waals surface area contributed by atoms with E-state index in [9.17, 15) is 4.79 Å². The topological polar surface area (TPSA) is 17.1 Å². The van der Waals surface area contributed by atoms with Gasteiger partial charge in [0.15, 0.2) is 5.78 Å². The number of ketones is 1. The molecule has 92 valence electrons. The van der Waals surface area contributed by atoms with Crippen LogP contribution in [0.3, 0.4) is 0 Å². The molecule has 16 heavy (non-hydrogen) atoms. The highest BCUT2D eigenvalue weighted by molar-refractivity contribution is 5.89. The number of carbonyl (C=O) groups is 1. The normalized spacial score (nSPS) is 18.4. The summed E-state index contributed by atoms with van der Waals surface area (Å²) in [7, 11) is 0. The molecule has 1 rings (SSSR count). The van der Waals surface area contributed by atoms with Crippen molar-refractivity contribution < 1.29 is 4.79 Å². The van der Waals surface area contributed by atoms with Crippen LogP contribution in [-0.4, -0.2) is 5.78 Å². The molecule has 0 aromatic carbocycles. The number of hydrogen-bond donors (Lipinski definition) is 0. The molecular weight excluding hydrogens is 196 g/mol. The Hall–Kier alpha value is -0.590. The summed E-state index contributed by atoms with van der Waals surface area (Å²) in [5, 5.41) is 0. The lowest BCUT2D eigenvalue weighted by Crippen LogP contribution is -2.05. The molecule has 1 aliphatic carbocycles. The summed E-state index contributed by atoms with van der Waals surface area (Å²) >= 11 is 0. The van der Waals surface area contributed by atoms with Gasteiger partial charge in [0.25, 0.3) is 0 Å². The molecule has 0 unspecified atom stereocenters. The molecule has 1 aliphatic rings. The molecule has 0 spiro atoms. The third-order valence-electron chi connectivity index (χ3n) is 3.38. The summed E-state index contributed by atoms with van der Waals surface area (Å²) in [6, 6.07) is 0. The second-order valence-electron chi connectivity index (χ2n) is 5.55. The zero-order valence-electron chi connectivity index (χ0n) is 10.9. The van der Waals surface area contributed by atoms with Crippen molar-refractivity contribution in [3.05, 3.63) is 12.2 Å². The van der Waals surface area contributed by atoms with Gasteiger partial charge in [0, 0.05) is 6.42 Å². The minimum atomic E-state index is 0.290. The SMILES string of the molecule is CC(C)CC(=O)/C=C/CCC1CCCCC1. The lowest BCUT2D eigenvalue weighted by atomic mass is 9.86. The molecule has 0 amide bonds. The first-order valence-electron chi connectivity index (χ1n) is 6.88. The Labute approximate surface area is 100 Å². The van der Waals surface area contributed by atoms with Gasteiger partial charge in [-0.15, -0.1) is 0 Å². The Bertz CT molecular complexity index is 222. The van der Waals surface area contributed by atoms with Crippen molar-refractivity contribution in [3.8, 4) is 0 Å². The summed E-state index contributed by atoms with van der Waals surface area (Å²) in [6.45, 7) is 4.18. The Morgan fingerprint density at radius 1 is 1.25 bits per heavy atom. The molecule has 0 bridgehead atoms. The lowest BCUT2D eigenvalue weighted by molar-refractivity contribution is -0.115. The molecule has 1 heteroatoms. The fourth-order valence-electron chi connectivity index (χ4n) is 2.49. The van der Waals surface area contributed by atoms with Crippen molar-refractivity contribution in [1.29, 1.82) is 0 Å². The third-order valence-corrected chi connectivity index (χ3v) is 3.38. The molecule has 1 nitrogen and oxygen atoms in total. The zero-order chi connectivity index (χ0) is 11.8. The Morgan fingerprint density at radius 2 is 1.94 bits per heavy atom. The fourth-order valence-corrected chi connectivity index (χ4v) is 2.49. The van der Waals surface area contributed by atoms with Crippen LogP contribution in [0.5, 0.6) is 0 Å². The number of rotatable bonds is 6. The van der Waals surface area contributed by atoms with E-state index in [0.29, 0.717) is 18.1 Å². The molecule has 0 saturated heterocycles. The van der Waals surface area contributed by atoms with E-state index in [2.05, 4.69) is 19.9 Å². The minimum absolute atomic E-state index is 0.290. The second-order valence-corrected chi connectivity index (χ2v) is 5.55. The summed E-state index contributed by atoms with van der Waals surface area (Å²) in [5.74, 6) is 1.70. The van der Waals surface area contributed by atoms with Gasteiger partial charge in [-0.3, -0.25) is 4.79 Å². The van der Waals surface area contributed by atoms with E-state index in [-0.39, 0.29) is 0 Å². The summed E-state index contributed by atoms with van der Waals surface area (Å²) < 4.78 is 0. The van der Waals surface area contributed by atoms with E-state index in [1.54, 1.807) is 6.08 Å². The van der Waals surface area contributed by atoms with Crippen molar-refractivity contribution in [1.82, 2.24) is 0 Å². The first-order valence-corrected chi connectivity index (χ1v) is 6.88. The second kappa shape index (κ2) is 7.65. The molecule has 0 N–H and O–H groups in total. The molecule has 1 fully saturated rings. The van der Waals surface area contributed by atoms with Crippen LogP contribution in [-0.2, 0) is 4.79 Å². The molecule has 0 aliphatic heterocycles. The van der Waals surface area contributed by atoms with Gasteiger partial charge < -0.3 is 0 Å². The largest absolute Gasteiger partial charge is 0.295 e. The molecule has 0 aromatic rings. The predicted molar refractivity (Wildman–Crippen MR) is 69.4 cm³/mol. The van der Waals surface area contributed by atoms with Crippen LogP contribution in [0, 0.1) is 11.8 Å². The quantitative estimate of drug-likeness (QED) is 0.604. The van der Waals surface area contributed by atoms with Crippen LogP contribution in [0.1, 0.15) is 65.2 Å². The van der Waals surface area contributed by atoms with E-state index in [4.69, 9.17) is 0 Å². The summed E-state index contributed by atoms with van der Waals surface area (Å²) in [4.78, 5) is 11.4. The van der Waals surface area contributed by atoms with E-state index in [1.807, 2.05) is 0 Å². The summed E-state index contributed by atoms with van der Waals surface area (Å²) in [6.07, 6.45) is 14.0.